The van der Waals surface area contributed by atoms with Crippen molar-refractivity contribution in [3.63, 3.8) is 0 Å². The first-order valence-electron chi connectivity index (χ1n) is 8.47. The van der Waals surface area contributed by atoms with E-state index in [-0.39, 0.29) is 11.8 Å². The molecule has 2 aromatic heterocycles. The second kappa shape index (κ2) is 8.39. The molecule has 140 valence electrons. The molecule has 0 saturated carbocycles. The normalized spacial score (nSPS) is 10.5. The Kier molecular flexibility index (Phi) is 5.75. The molecule has 0 saturated heterocycles. The Balaban J connectivity index is 1.73. The lowest BCUT2D eigenvalue weighted by atomic mass is 10.1. The van der Waals surface area contributed by atoms with Crippen LogP contribution in [0.2, 0.25) is 0 Å². The van der Waals surface area contributed by atoms with Crippen LogP contribution < -0.4 is 15.0 Å². The monoisotopic (exact) mass is 368 g/mol. The molecule has 3 aromatic rings. The molecule has 27 heavy (non-hydrogen) atoms. The van der Waals surface area contributed by atoms with E-state index < -0.39 is 0 Å². The number of methoxy groups -OCH3 is 1. The van der Waals surface area contributed by atoms with Crippen molar-refractivity contribution >= 4 is 11.8 Å². The first-order valence-corrected chi connectivity index (χ1v) is 8.47. The molecule has 7 nitrogen and oxygen atoms in total. The van der Waals surface area contributed by atoms with Crippen LogP contribution in [0.1, 0.15) is 5.56 Å². The second-order valence-corrected chi connectivity index (χ2v) is 6.07. The van der Waals surface area contributed by atoms with Crippen molar-refractivity contribution in [3.05, 3.63) is 54.0 Å². The minimum atomic E-state index is -0.243. The Bertz CT molecular complexity index is 884. The number of hydrogen-bond acceptors (Lipinski definition) is 7. The maximum atomic E-state index is 13.0. The summed E-state index contributed by atoms with van der Waals surface area (Å²) in [6.07, 6.45) is 2.43. The summed E-state index contributed by atoms with van der Waals surface area (Å²) < 4.78 is 18.2. The van der Waals surface area contributed by atoms with Gasteiger partial charge in [-0.15, -0.1) is 0 Å². The molecule has 0 fully saturated rings. The first kappa shape index (κ1) is 18.5. The highest BCUT2D eigenvalue weighted by atomic mass is 19.1. The molecular weight excluding hydrogens is 347 g/mol. The van der Waals surface area contributed by atoms with E-state index in [9.17, 15) is 4.39 Å². The third kappa shape index (κ3) is 4.87. The van der Waals surface area contributed by atoms with Gasteiger partial charge in [0.25, 0.3) is 0 Å². The summed E-state index contributed by atoms with van der Waals surface area (Å²) in [6.45, 7) is 0.593. The van der Waals surface area contributed by atoms with Gasteiger partial charge in [0.15, 0.2) is 5.82 Å². The molecule has 0 amide bonds. The summed E-state index contributed by atoms with van der Waals surface area (Å²) in [6, 6.07) is 10.4. The Morgan fingerprint density at radius 2 is 1.81 bits per heavy atom. The molecule has 0 aliphatic heterocycles. The zero-order valence-corrected chi connectivity index (χ0v) is 15.5. The molecule has 8 heteroatoms. The number of benzene rings is 1. The standard InChI is InChI=1S/C19H21FN6O/c1-26(2)16-9-6-14(12-22-16)17-23-18(25-19(24-17)27-3)21-11-10-13-4-7-15(20)8-5-13/h4-9,12H,10-11H2,1-3H3,(H,21,23,24,25). The smallest absolute Gasteiger partial charge is 0.321 e. The summed E-state index contributed by atoms with van der Waals surface area (Å²) in [5.41, 5.74) is 1.79. The van der Waals surface area contributed by atoms with Crippen LogP contribution in [0.3, 0.4) is 0 Å². The molecule has 1 aromatic carbocycles. The molecule has 0 spiro atoms. The number of ether oxygens (including phenoxy) is 1. The minimum Gasteiger partial charge on any atom is -0.467 e. The maximum Gasteiger partial charge on any atom is 0.321 e. The van der Waals surface area contributed by atoms with Crippen LogP contribution in [0.25, 0.3) is 11.4 Å². The van der Waals surface area contributed by atoms with E-state index in [1.807, 2.05) is 31.1 Å². The third-order valence-corrected chi connectivity index (χ3v) is 3.87. The number of pyridine rings is 1. The summed E-state index contributed by atoms with van der Waals surface area (Å²) in [4.78, 5) is 19.3. The van der Waals surface area contributed by atoms with Crippen LogP contribution in [-0.2, 0) is 6.42 Å². The highest BCUT2D eigenvalue weighted by Crippen LogP contribution is 2.20. The molecule has 3 rings (SSSR count). The van der Waals surface area contributed by atoms with Gasteiger partial charge in [0.1, 0.15) is 11.6 Å². The van der Waals surface area contributed by atoms with Crippen molar-refractivity contribution in [2.75, 3.05) is 38.0 Å². The lowest BCUT2D eigenvalue weighted by Gasteiger charge is -2.11. The highest BCUT2D eigenvalue weighted by molar-refractivity contribution is 5.57. The van der Waals surface area contributed by atoms with Crippen molar-refractivity contribution in [1.82, 2.24) is 19.9 Å². The van der Waals surface area contributed by atoms with Crippen LogP contribution in [0.4, 0.5) is 16.2 Å². The van der Waals surface area contributed by atoms with Gasteiger partial charge >= 0.3 is 6.01 Å². The van der Waals surface area contributed by atoms with Crippen molar-refractivity contribution in [2.45, 2.75) is 6.42 Å². The second-order valence-electron chi connectivity index (χ2n) is 6.07. The SMILES string of the molecule is COc1nc(NCCc2ccc(F)cc2)nc(-c2ccc(N(C)C)nc2)n1. The largest absolute Gasteiger partial charge is 0.467 e. The molecule has 0 aliphatic carbocycles. The third-order valence-electron chi connectivity index (χ3n) is 3.87. The topological polar surface area (TPSA) is 76.1 Å². The van der Waals surface area contributed by atoms with Crippen LogP contribution in [0.5, 0.6) is 6.01 Å². The molecule has 0 atom stereocenters. The van der Waals surface area contributed by atoms with Crippen LogP contribution in [-0.4, -0.2) is 47.7 Å². The van der Waals surface area contributed by atoms with Crippen molar-refractivity contribution in [3.8, 4) is 17.4 Å². The number of nitrogens with one attached hydrogen (secondary N) is 1. The highest BCUT2D eigenvalue weighted by Gasteiger charge is 2.10. The van der Waals surface area contributed by atoms with E-state index >= 15 is 0 Å². The Morgan fingerprint density at radius 1 is 1.04 bits per heavy atom. The van der Waals surface area contributed by atoms with Crippen LogP contribution in [0.15, 0.2) is 42.6 Å². The molecular formula is C19H21FN6O. The van der Waals surface area contributed by atoms with Crippen LogP contribution >= 0.6 is 0 Å². The number of halogens is 1. The van der Waals surface area contributed by atoms with E-state index in [0.29, 0.717) is 24.7 Å². The quantitative estimate of drug-likeness (QED) is 0.687. The average molecular weight is 368 g/mol. The Hall–Kier alpha value is -3.29. The lowest BCUT2D eigenvalue weighted by molar-refractivity contribution is 0.379. The fourth-order valence-electron chi connectivity index (χ4n) is 2.41. The first-order chi connectivity index (χ1) is 13.0. The number of hydrogen-bond donors (Lipinski definition) is 1. The molecule has 0 unspecified atom stereocenters. The van der Waals surface area contributed by atoms with E-state index in [1.54, 1.807) is 18.3 Å². The predicted molar refractivity (Wildman–Crippen MR) is 103 cm³/mol. The Morgan fingerprint density at radius 3 is 2.44 bits per heavy atom. The average Bonchev–Trinajstić information content (AvgIpc) is 2.69. The Labute approximate surface area is 157 Å². The van der Waals surface area contributed by atoms with Gasteiger partial charge in [0.2, 0.25) is 5.95 Å². The van der Waals surface area contributed by atoms with E-state index in [1.165, 1.54) is 19.2 Å². The molecule has 2 heterocycles. The van der Waals surface area contributed by atoms with Gasteiger partial charge < -0.3 is 15.0 Å². The van der Waals surface area contributed by atoms with Gasteiger partial charge in [0, 0.05) is 32.4 Å². The molecule has 1 N–H and O–H groups in total. The van der Waals surface area contributed by atoms with Crippen molar-refractivity contribution in [2.24, 2.45) is 0 Å². The fourth-order valence-corrected chi connectivity index (χ4v) is 2.41. The van der Waals surface area contributed by atoms with Gasteiger partial charge in [0.05, 0.1) is 7.11 Å². The van der Waals surface area contributed by atoms with Gasteiger partial charge in [-0.2, -0.15) is 15.0 Å². The van der Waals surface area contributed by atoms with Gasteiger partial charge in [-0.1, -0.05) is 12.1 Å². The fraction of sp³-hybridized carbons (Fsp3) is 0.263. The zero-order valence-electron chi connectivity index (χ0n) is 15.5. The van der Waals surface area contributed by atoms with Gasteiger partial charge in [-0.25, -0.2) is 9.37 Å². The van der Waals surface area contributed by atoms with E-state index in [4.69, 9.17) is 4.74 Å². The number of nitrogens with zero attached hydrogens (tertiary/aromatic N) is 5. The summed E-state index contributed by atoms with van der Waals surface area (Å²) in [7, 11) is 5.36. The van der Waals surface area contributed by atoms with Crippen molar-refractivity contribution < 1.29 is 9.13 Å². The van der Waals surface area contributed by atoms with Gasteiger partial charge in [-0.3, -0.25) is 0 Å². The molecule has 0 bridgehead atoms. The lowest BCUT2D eigenvalue weighted by Crippen LogP contribution is -2.11. The van der Waals surface area contributed by atoms with Crippen LogP contribution in [0, 0.1) is 5.82 Å². The number of aromatic nitrogens is 4. The predicted octanol–water partition coefficient (Wildman–Crippen LogP) is 2.80. The maximum absolute atomic E-state index is 13.0. The molecule has 0 radical (unpaired) electrons. The minimum absolute atomic E-state index is 0.223. The van der Waals surface area contributed by atoms with E-state index in [0.717, 1.165) is 16.9 Å². The summed E-state index contributed by atoms with van der Waals surface area (Å²) in [5.74, 6) is 1.49. The van der Waals surface area contributed by atoms with Crippen molar-refractivity contribution in [1.29, 1.82) is 0 Å². The molecule has 0 aliphatic rings. The number of rotatable bonds is 7. The summed E-state index contributed by atoms with van der Waals surface area (Å²) >= 11 is 0. The van der Waals surface area contributed by atoms with Gasteiger partial charge in [-0.05, 0) is 36.2 Å². The zero-order chi connectivity index (χ0) is 19.2. The van der Waals surface area contributed by atoms with E-state index in [2.05, 4.69) is 25.3 Å². The summed E-state index contributed by atoms with van der Waals surface area (Å²) in [5, 5.41) is 3.16. The number of anilines is 2.